The van der Waals surface area contributed by atoms with Crippen molar-refractivity contribution in [2.24, 2.45) is 0 Å². The highest BCUT2D eigenvalue weighted by atomic mass is 35.5. The van der Waals surface area contributed by atoms with Gasteiger partial charge in [0.2, 0.25) is 0 Å². The maximum Gasteiger partial charge on any atom is 0.261 e. The first-order valence-corrected chi connectivity index (χ1v) is 9.52. The molecule has 25 heavy (non-hydrogen) atoms. The van der Waals surface area contributed by atoms with Gasteiger partial charge in [0.1, 0.15) is 5.75 Å². The number of ether oxygens (including phenoxy) is 1. The molecule has 0 aliphatic carbocycles. The number of benzene rings is 2. The largest absolute Gasteiger partial charge is 0.494 e. The van der Waals surface area contributed by atoms with Crippen LogP contribution < -0.4 is 10.3 Å². The molecule has 4 nitrogen and oxygen atoms in total. The first-order valence-electron chi connectivity index (χ1n) is 8.15. The molecule has 3 rings (SSSR count). The molecule has 2 aromatic carbocycles. The molecule has 0 spiro atoms. The van der Waals surface area contributed by atoms with Gasteiger partial charge in [0.25, 0.3) is 5.56 Å². The minimum atomic E-state index is -0.0843. The fourth-order valence-electron chi connectivity index (χ4n) is 2.66. The van der Waals surface area contributed by atoms with Gasteiger partial charge in [-0.1, -0.05) is 18.5 Å². The summed E-state index contributed by atoms with van der Waals surface area (Å²) in [5.74, 6) is 1.63. The summed E-state index contributed by atoms with van der Waals surface area (Å²) < 4.78 is 7.11. The summed E-state index contributed by atoms with van der Waals surface area (Å²) in [7, 11) is 0. The molecule has 0 saturated heterocycles. The van der Waals surface area contributed by atoms with Crippen molar-refractivity contribution in [3.8, 4) is 5.75 Å². The Kier molecular flexibility index (Phi) is 5.66. The Morgan fingerprint density at radius 1 is 1.20 bits per heavy atom. The predicted molar refractivity (Wildman–Crippen MR) is 104 cm³/mol. The Morgan fingerprint density at radius 2 is 2.04 bits per heavy atom. The summed E-state index contributed by atoms with van der Waals surface area (Å²) in [6.07, 6.45) is 1.59. The van der Waals surface area contributed by atoms with Gasteiger partial charge in [-0.25, -0.2) is 4.98 Å². The maximum atomic E-state index is 12.9. The third kappa shape index (κ3) is 3.99. The Balaban J connectivity index is 2.03. The first kappa shape index (κ1) is 17.8. The van der Waals surface area contributed by atoms with E-state index in [0.29, 0.717) is 34.8 Å². The lowest BCUT2D eigenvalue weighted by Gasteiger charge is -2.12. The lowest BCUT2D eigenvalue weighted by atomic mass is 10.2. The molecule has 0 N–H and O–H groups in total. The molecule has 0 unspecified atom stereocenters. The molecule has 1 aromatic heterocycles. The quantitative estimate of drug-likeness (QED) is 0.591. The van der Waals surface area contributed by atoms with Crippen LogP contribution in [0, 0.1) is 0 Å². The van der Waals surface area contributed by atoms with Crippen LogP contribution in [0.2, 0.25) is 5.02 Å². The molecule has 0 saturated carbocycles. The minimum absolute atomic E-state index is 0.0843. The number of thioether (sulfide) groups is 1. The van der Waals surface area contributed by atoms with Crippen LogP contribution in [-0.4, -0.2) is 21.9 Å². The van der Waals surface area contributed by atoms with Crippen molar-refractivity contribution in [3.05, 3.63) is 63.7 Å². The number of halogens is 1. The van der Waals surface area contributed by atoms with Gasteiger partial charge in [0, 0.05) is 9.92 Å². The second-order valence-electron chi connectivity index (χ2n) is 5.47. The molecule has 0 fully saturated rings. The summed E-state index contributed by atoms with van der Waals surface area (Å²) in [6, 6.07) is 11.2. The van der Waals surface area contributed by atoms with E-state index >= 15 is 0 Å². The Bertz CT molecular complexity index is 956. The lowest BCUT2D eigenvalue weighted by Crippen LogP contribution is -2.21. The molecule has 1 heterocycles. The highest BCUT2D eigenvalue weighted by molar-refractivity contribution is 7.99. The number of hydrogen-bond acceptors (Lipinski definition) is 4. The lowest BCUT2D eigenvalue weighted by molar-refractivity contribution is 0.340. The fourth-order valence-corrected chi connectivity index (χ4v) is 3.64. The van der Waals surface area contributed by atoms with Crippen molar-refractivity contribution in [2.45, 2.75) is 25.3 Å². The molecular formula is C19H19ClN2O2S. The normalized spacial score (nSPS) is 11.0. The van der Waals surface area contributed by atoms with E-state index < -0.39 is 0 Å². The van der Waals surface area contributed by atoms with Crippen molar-refractivity contribution >= 4 is 34.3 Å². The monoisotopic (exact) mass is 374 g/mol. The van der Waals surface area contributed by atoms with E-state index in [-0.39, 0.29) is 5.56 Å². The molecule has 3 aromatic rings. The van der Waals surface area contributed by atoms with Gasteiger partial charge < -0.3 is 4.74 Å². The predicted octanol–water partition coefficient (Wildman–Crippen LogP) is 4.61. The van der Waals surface area contributed by atoms with E-state index in [1.807, 2.05) is 37.3 Å². The third-order valence-electron chi connectivity index (χ3n) is 3.77. The molecule has 0 bridgehead atoms. The van der Waals surface area contributed by atoms with Crippen molar-refractivity contribution < 1.29 is 4.74 Å². The highest BCUT2D eigenvalue weighted by Crippen LogP contribution is 2.26. The van der Waals surface area contributed by atoms with Crippen LogP contribution in [0.25, 0.3) is 10.9 Å². The van der Waals surface area contributed by atoms with Crippen LogP contribution in [0.1, 0.15) is 19.4 Å². The van der Waals surface area contributed by atoms with Gasteiger partial charge in [-0.15, -0.1) is 11.8 Å². The van der Waals surface area contributed by atoms with Gasteiger partial charge in [-0.3, -0.25) is 9.36 Å². The standard InChI is InChI=1S/C19H19ClN2O2S/c1-3-24-15-6-7-17-16(10-15)19(23)22(12-21-17)11-13-9-14(20)5-8-18(13)25-4-2/h5-10,12H,3-4,11H2,1-2H3. The van der Waals surface area contributed by atoms with Gasteiger partial charge in [-0.05, 0) is 54.6 Å². The van der Waals surface area contributed by atoms with Crippen LogP contribution in [0.4, 0.5) is 0 Å². The summed E-state index contributed by atoms with van der Waals surface area (Å²) in [5, 5.41) is 1.22. The summed E-state index contributed by atoms with van der Waals surface area (Å²) in [4.78, 5) is 18.4. The number of nitrogens with zero attached hydrogens (tertiary/aromatic N) is 2. The van der Waals surface area contributed by atoms with E-state index in [1.165, 1.54) is 0 Å². The fraction of sp³-hybridized carbons (Fsp3) is 0.263. The van der Waals surface area contributed by atoms with Crippen molar-refractivity contribution in [1.82, 2.24) is 9.55 Å². The van der Waals surface area contributed by atoms with E-state index in [2.05, 4.69) is 11.9 Å². The third-order valence-corrected chi connectivity index (χ3v) is 5.00. The number of rotatable bonds is 6. The highest BCUT2D eigenvalue weighted by Gasteiger charge is 2.09. The SMILES string of the molecule is CCOc1ccc2ncn(Cc3cc(Cl)ccc3SCC)c(=O)c2c1. The molecule has 130 valence electrons. The molecular weight excluding hydrogens is 356 g/mol. The van der Waals surface area contributed by atoms with Crippen LogP contribution >= 0.6 is 23.4 Å². The summed E-state index contributed by atoms with van der Waals surface area (Å²) >= 11 is 7.88. The van der Waals surface area contributed by atoms with Crippen molar-refractivity contribution in [3.63, 3.8) is 0 Å². The van der Waals surface area contributed by atoms with Crippen molar-refractivity contribution in [1.29, 1.82) is 0 Å². The second-order valence-corrected chi connectivity index (χ2v) is 7.22. The van der Waals surface area contributed by atoms with Crippen molar-refractivity contribution in [2.75, 3.05) is 12.4 Å². The summed E-state index contributed by atoms with van der Waals surface area (Å²) in [5.41, 5.74) is 1.60. The minimum Gasteiger partial charge on any atom is -0.494 e. The number of hydrogen-bond donors (Lipinski definition) is 0. The second kappa shape index (κ2) is 7.93. The Hall–Kier alpha value is -1.98. The van der Waals surface area contributed by atoms with E-state index in [1.54, 1.807) is 28.7 Å². The number of aromatic nitrogens is 2. The summed E-state index contributed by atoms with van der Waals surface area (Å²) in [6.45, 7) is 5.00. The van der Waals surface area contributed by atoms with E-state index in [0.717, 1.165) is 16.2 Å². The number of fused-ring (bicyclic) bond motifs is 1. The smallest absolute Gasteiger partial charge is 0.261 e. The zero-order chi connectivity index (χ0) is 17.8. The topological polar surface area (TPSA) is 44.1 Å². The molecule has 0 radical (unpaired) electrons. The molecule has 0 amide bonds. The van der Waals surface area contributed by atoms with Crippen LogP contribution in [0.3, 0.4) is 0 Å². The van der Waals surface area contributed by atoms with Gasteiger partial charge in [0.15, 0.2) is 0 Å². The maximum absolute atomic E-state index is 12.9. The zero-order valence-electron chi connectivity index (χ0n) is 14.2. The zero-order valence-corrected chi connectivity index (χ0v) is 15.7. The molecule has 6 heteroatoms. The van der Waals surface area contributed by atoms with Crippen LogP contribution in [0.5, 0.6) is 5.75 Å². The molecule has 0 aliphatic heterocycles. The van der Waals surface area contributed by atoms with Gasteiger partial charge >= 0.3 is 0 Å². The van der Waals surface area contributed by atoms with Crippen LogP contribution in [-0.2, 0) is 6.54 Å². The Morgan fingerprint density at radius 3 is 2.80 bits per heavy atom. The molecule has 0 aliphatic rings. The van der Waals surface area contributed by atoms with E-state index in [9.17, 15) is 4.79 Å². The van der Waals surface area contributed by atoms with E-state index in [4.69, 9.17) is 16.3 Å². The van der Waals surface area contributed by atoms with Gasteiger partial charge in [0.05, 0.1) is 30.4 Å². The first-order chi connectivity index (χ1) is 12.1. The average molecular weight is 375 g/mol. The molecule has 0 atom stereocenters. The van der Waals surface area contributed by atoms with Crippen LogP contribution in [0.15, 0.2) is 52.4 Å². The average Bonchev–Trinajstić information content (AvgIpc) is 2.60. The Labute approximate surface area is 155 Å². The van der Waals surface area contributed by atoms with Gasteiger partial charge in [-0.2, -0.15) is 0 Å².